The minimum Gasteiger partial charge on any atom is -0.467 e. The van der Waals surface area contributed by atoms with Gasteiger partial charge in [0.05, 0.1) is 34.8 Å². The van der Waals surface area contributed by atoms with Crippen molar-refractivity contribution >= 4 is 40.7 Å². The molecule has 0 unspecified atom stereocenters. The fraction of sp³-hybridized carbons (Fsp3) is 0.150. The van der Waals surface area contributed by atoms with Gasteiger partial charge < -0.3 is 9.32 Å². The minimum atomic E-state index is -0.432. The first-order valence-electron chi connectivity index (χ1n) is 8.46. The van der Waals surface area contributed by atoms with Crippen molar-refractivity contribution in [2.45, 2.75) is 13.1 Å². The summed E-state index contributed by atoms with van der Waals surface area (Å²) in [5, 5.41) is 0. The normalized spacial score (nSPS) is 13.1. The number of amides is 3. The Morgan fingerprint density at radius 3 is 2.61 bits per heavy atom. The first-order valence-corrected chi connectivity index (χ1v) is 9.66. The highest BCUT2D eigenvalue weighted by Crippen LogP contribution is 2.27. The number of hydrogen-bond donors (Lipinski definition) is 0. The summed E-state index contributed by atoms with van der Waals surface area (Å²) in [6.07, 6.45) is 1.49. The third-order valence-electron chi connectivity index (χ3n) is 4.48. The van der Waals surface area contributed by atoms with Crippen molar-refractivity contribution in [2.24, 2.45) is 0 Å². The van der Waals surface area contributed by atoms with Crippen molar-refractivity contribution < 1.29 is 18.8 Å². The number of imide groups is 1. The van der Waals surface area contributed by atoms with Crippen LogP contribution in [0.5, 0.6) is 0 Å². The van der Waals surface area contributed by atoms with Crippen LogP contribution < -0.4 is 0 Å². The van der Waals surface area contributed by atoms with Crippen LogP contribution in [0.1, 0.15) is 41.7 Å². The number of rotatable bonds is 5. The van der Waals surface area contributed by atoms with Crippen LogP contribution in [0.4, 0.5) is 0 Å². The van der Waals surface area contributed by atoms with Gasteiger partial charge in [0.1, 0.15) is 5.76 Å². The van der Waals surface area contributed by atoms with Crippen LogP contribution in [0.25, 0.3) is 0 Å². The highest BCUT2D eigenvalue weighted by atomic mass is 35.5. The van der Waals surface area contributed by atoms with Crippen LogP contribution in [0.3, 0.4) is 0 Å². The van der Waals surface area contributed by atoms with Gasteiger partial charge in [-0.25, -0.2) is 0 Å². The maximum Gasteiger partial charge on any atom is 0.261 e. The molecule has 4 rings (SSSR count). The van der Waals surface area contributed by atoms with Crippen molar-refractivity contribution in [3.05, 3.63) is 80.4 Å². The highest BCUT2D eigenvalue weighted by molar-refractivity contribution is 7.16. The largest absolute Gasteiger partial charge is 0.467 e. The molecule has 1 aliphatic heterocycles. The van der Waals surface area contributed by atoms with Gasteiger partial charge in [-0.05, 0) is 42.5 Å². The number of nitrogens with zero attached hydrogens (tertiary/aromatic N) is 2. The zero-order valence-electron chi connectivity index (χ0n) is 14.8. The van der Waals surface area contributed by atoms with Gasteiger partial charge in [0, 0.05) is 17.5 Å². The summed E-state index contributed by atoms with van der Waals surface area (Å²) in [6, 6.07) is 11.6. The predicted molar refractivity (Wildman–Crippen MR) is 104 cm³/mol. The summed E-state index contributed by atoms with van der Waals surface area (Å²) in [7, 11) is 1.68. The van der Waals surface area contributed by atoms with Gasteiger partial charge in [-0.3, -0.25) is 19.3 Å². The van der Waals surface area contributed by atoms with Gasteiger partial charge in [-0.1, -0.05) is 11.6 Å². The predicted octanol–water partition coefficient (Wildman–Crippen LogP) is 4.06. The van der Waals surface area contributed by atoms with E-state index in [9.17, 15) is 14.4 Å². The average molecular weight is 415 g/mol. The van der Waals surface area contributed by atoms with Crippen molar-refractivity contribution in [3.63, 3.8) is 0 Å². The number of carbonyl (C=O) groups excluding carboxylic acids is 3. The van der Waals surface area contributed by atoms with Crippen LogP contribution in [-0.4, -0.2) is 34.6 Å². The third-order valence-corrected chi connectivity index (χ3v) is 5.70. The lowest BCUT2D eigenvalue weighted by Gasteiger charge is -2.16. The topological polar surface area (TPSA) is 70.8 Å². The van der Waals surface area contributed by atoms with E-state index in [1.165, 1.54) is 29.7 Å². The molecule has 0 aliphatic carbocycles. The molecule has 0 N–H and O–H groups in total. The molecule has 1 aliphatic rings. The zero-order valence-corrected chi connectivity index (χ0v) is 16.4. The summed E-state index contributed by atoms with van der Waals surface area (Å²) in [4.78, 5) is 41.6. The average Bonchev–Trinajstić information content (AvgIpc) is 3.39. The molecular formula is C20H15ClN2O4S. The smallest absolute Gasteiger partial charge is 0.261 e. The van der Waals surface area contributed by atoms with Crippen molar-refractivity contribution in [1.82, 2.24) is 9.80 Å². The number of furan rings is 1. The molecule has 0 saturated carbocycles. The number of fused-ring (bicyclic) bond motifs is 1. The Labute approximate surface area is 169 Å². The SMILES string of the molecule is CN(Cc1ccc(Cl)s1)C(=O)c1ccc2c(c1)C(=O)N(Cc1ccco1)C2=O. The van der Waals surface area contributed by atoms with Crippen LogP contribution in [-0.2, 0) is 13.1 Å². The molecule has 0 fully saturated rings. The van der Waals surface area contributed by atoms with Crippen LogP contribution in [0.15, 0.2) is 53.1 Å². The van der Waals surface area contributed by atoms with Crippen LogP contribution in [0.2, 0.25) is 4.34 Å². The first kappa shape index (κ1) is 18.5. The second-order valence-electron chi connectivity index (χ2n) is 6.40. The van der Waals surface area contributed by atoms with Crippen molar-refractivity contribution in [3.8, 4) is 0 Å². The quantitative estimate of drug-likeness (QED) is 0.590. The summed E-state index contributed by atoms with van der Waals surface area (Å²) in [5.74, 6) is -0.548. The lowest BCUT2D eigenvalue weighted by molar-refractivity contribution is 0.0631. The molecule has 28 heavy (non-hydrogen) atoms. The van der Waals surface area contributed by atoms with E-state index in [2.05, 4.69) is 0 Å². The van der Waals surface area contributed by atoms with Crippen LogP contribution in [0, 0.1) is 0 Å². The van der Waals surface area contributed by atoms with Crippen molar-refractivity contribution in [1.29, 1.82) is 0 Å². The number of hydrogen-bond acceptors (Lipinski definition) is 5. The van der Waals surface area contributed by atoms with E-state index in [1.54, 1.807) is 36.2 Å². The van der Waals surface area contributed by atoms with Crippen LogP contribution >= 0.6 is 22.9 Å². The summed E-state index contributed by atoms with van der Waals surface area (Å²) < 4.78 is 5.89. The van der Waals surface area contributed by atoms with E-state index < -0.39 is 11.8 Å². The van der Waals surface area contributed by atoms with E-state index in [0.717, 1.165) is 9.78 Å². The molecule has 0 bridgehead atoms. The summed E-state index contributed by atoms with van der Waals surface area (Å²) in [5.41, 5.74) is 0.876. The fourth-order valence-corrected chi connectivity index (χ4v) is 4.23. The van der Waals surface area contributed by atoms with Gasteiger partial charge >= 0.3 is 0 Å². The van der Waals surface area contributed by atoms with E-state index >= 15 is 0 Å². The molecule has 0 saturated heterocycles. The van der Waals surface area contributed by atoms with Crippen molar-refractivity contribution in [2.75, 3.05) is 7.05 Å². The number of thiophene rings is 1. The Bertz CT molecular complexity index is 1070. The second-order valence-corrected chi connectivity index (χ2v) is 8.20. The third kappa shape index (κ3) is 3.34. The Balaban J connectivity index is 1.54. The first-order chi connectivity index (χ1) is 13.4. The molecule has 2 aromatic heterocycles. The lowest BCUT2D eigenvalue weighted by atomic mass is 10.0. The molecule has 0 spiro atoms. The Hall–Kier alpha value is -2.90. The zero-order chi connectivity index (χ0) is 19.8. The van der Waals surface area contributed by atoms with E-state index in [4.69, 9.17) is 16.0 Å². The Morgan fingerprint density at radius 1 is 1.14 bits per heavy atom. The molecule has 0 atom stereocenters. The Morgan fingerprint density at radius 2 is 1.93 bits per heavy atom. The molecule has 3 amide bonds. The molecule has 142 valence electrons. The number of carbonyl (C=O) groups is 3. The van der Waals surface area contributed by atoms with E-state index in [0.29, 0.717) is 27.8 Å². The fourth-order valence-electron chi connectivity index (χ4n) is 3.09. The molecule has 6 nitrogen and oxygen atoms in total. The maximum atomic E-state index is 12.8. The monoisotopic (exact) mass is 414 g/mol. The highest BCUT2D eigenvalue weighted by Gasteiger charge is 2.36. The molecule has 1 aromatic carbocycles. The number of halogens is 1. The standard InChI is InChI=1S/C20H15ClN2O4S/c1-22(11-14-5-7-17(21)28-14)18(24)12-4-6-15-16(9-12)20(26)23(19(15)25)10-13-3-2-8-27-13/h2-9H,10-11H2,1H3. The number of benzene rings is 1. The van der Waals surface area contributed by atoms with Gasteiger partial charge in [0.2, 0.25) is 0 Å². The second kappa shape index (κ2) is 7.26. The van der Waals surface area contributed by atoms with E-state index in [1.807, 2.05) is 6.07 Å². The lowest BCUT2D eigenvalue weighted by Crippen LogP contribution is -2.28. The molecule has 3 heterocycles. The summed E-state index contributed by atoms with van der Waals surface area (Å²) in [6.45, 7) is 0.465. The molecule has 8 heteroatoms. The van der Waals surface area contributed by atoms with E-state index in [-0.39, 0.29) is 18.0 Å². The Kier molecular flexibility index (Phi) is 4.78. The van der Waals surface area contributed by atoms with Gasteiger partial charge in [0.15, 0.2) is 0 Å². The van der Waals surface area contributed by atoms with Gasteiger partial charge in [-0.15, -0.1) is 11.3 Å². The molecular weight excluding hydrogens is 400 g/mol. The minimum absolute atomic E-state index is 0.0572. The summed E-state index contributed by atoms with van der Waals surface area (Å²) >= 11 is 7.34. The maximum absolute atomic E-state index is 12.8. The van der Waals surface area contributed by atoms with Gasteiger partial charge in [-0.2, -0.15) is 0 Å². The molecule has 3 aromatic rings. The molecule has 0 radical (unpaired) electrons. The van der Waals surface area contributed by atoms with Gasteiger partial charge in [0.25, 0.3) is 17.7 Å².